The van der Waals surface area contributed by atoms with E-state index in [1.807, 2.05) is 13.8 Å². The third-order valence-electron chi connectivity index (χ3n) is 1.64. The minimum atomic E-state index is -0.534. The summed E-state index contributed by atoms with van der Waals surface area (Å²) in [6.45, 7) is 3.99. The lowest BCUT2D eigenvalue weighted by molar-refractivity contribution is -0.123. The average molecular weight is 198 g/mol. The Morgan fingerprint density at radius 1 is 1.64 bits per heavy atom. The van der Waals surface area contributed by atoms with Gasteiger partial charge in [-0.1, -0.05) is 13.8 Å². The van der Waals surface area contributed by atoms with Crippen LogP contribution in [0.1, 0.15) is 20.3 Å². The molecule has 0 saturated carbocycles. The first-order valence-electron chi connectivity index (χ1n) is 4.38. The zero-order chi connectivity index (χ0) is 10.7. The molecule has 0 bridgehead atoms. The molecule has 0 spiro atoms. The van der Waals surface area contributed by atoms with Gasteiger partial charge < -0.3 is 16.2 Å². The van der Waals surface area contributed by atoms with Crippen molar-refractivity contribution in [2.75, 3.05) is 0 Å². The molecule has 0 radical (unpaired) electrons. The van der Waals surface area contributed by atoms with E-state index in [2.05, 4.69) is 9.98 Å². The van der Waals surface area contributed by atoms with Gasteiger partial charge in [0, 0.05) is 0 Å². The molecule has 6 nitrogen and oxygen atoms in total. The van der Waals surface area contributed by atoms with Crippen LogP contribution in [0.2, 0.25) is 0 Å². The first kappa shape index (κ1) is 10.5. The van der Waals surface area contributed by atoms with Crippen LogP contribution in [0.5, 0.6) is 0 Å². The van der Waals surface area contributed by atoms with Crippen molar-refractivity contribution in [2.45, 2.75) is 26.4 Å². The molecule has 0 aromatic heterocycles. The molecule has 1 rings (SSSR count). The van der Waals surface area contributed by atoms with Crippen molar-refractivity contribution in [1.82, 2.24) is 0 Å². The van der Waals surface area contributed by atoms with Crippen molar-refractivity contribution in [1.29, 1.82) is 0 Å². The Morgan fingerprint density at radius 2 is 2.29 bits per heavy atom. The normalized spacial score (nSPS) is 20.6. The topological polar surface area (TPSA) is 103 Å². The van der Waals surface area contributed by atoms with Gasteiger partial charge in [-0.15, -0.1) is 0 Å². The van der Waals surface area contributed by atoms with Gasteiger partial charge in [-0.05, 0) is 12.3 Å². The van der Waals surface area contributed by atoms with E-state index in [-0.39, 0.29) is 17.9 Å². The molecular formula is C8H14N4O2. The third-order valence-corrected chi connectivity index (χ3v) is 1.64. The van der Waals surface area contributed by atoms with E-state index in [0.29, 0.717) is 12.3 Å². The van der Waals surface area contributed by atoms with Crippen LogP contribution in [0.15, 0.2) is 9.98 Å². The molecule has 6 heteroatoms. The maximum Gasteiger partial charge on any atom is 0.323 e. The number of nitrogens with zero attached hydrogens (tertiary/aromatic N) is 2. The highest BCUT2D eigenvalue weighted by Gasteiger charge is 2.29. The molecule has 0 aromatic carbocycles. The van der Waals surface area contributed by atoms with E-state index in [1.54, 1.807) is 0 Å². The van der Waals surface area contributed by atoms with E-state index >= 15 is 0 Å². The second-order valence-electron chi connectivity index (χ2n) is 3.51. The second-order valence-corrected chi connectivity index (χ2v) is 3.51. The van der Waals surface area contributed by atoms with E-state index < -0.39 is 6.10 Å². The lowest BCUT2D eigenvalue weighted by Crippen LogP contribution is -2.25. The molecule has 0 saturated heterocycles. The summed E-state index contributed by atoms with van der Waals surface area (Å²) in [5.41, 5.74) is 10.2. The van der Waals surface area contributed by atoms with Gasteiger partial charge in [0.05, 0.1) is 0 Å². The van der Waals surface area contributed by atoms with Crippen molar-refractivity contribution in [3.8, 4) is 0 Å². The molecule has 1 amide bonds. The fourth-order valence-corrected chi connectivity index (χ4v) is 1.11. The van der Waals surface area contributed by atoms with Crippen LogP contribution in [0.25, 0.3) is 0 Å². The Balaban J connectivity index is 2.60. The predicted octanol–water partition coefficient (Wildman–Crippen LogP) is -0.413. The second kappa shape index (κ2) is 4.08. The van der Waals surface area contributed by atoms with Gasteiger partial charge >= 0.3 is 6.02 Å². The van der Waals surface area contributed by atoms with Gasteiger partial charge in [0.2, 0.25) is 0 Å². The SMILES string of the molecule is CC(C)C[C@H]1OC(N=C(N)N)=NC1=O. The molecule has 1 aliphatic heterocycles. The van der Waals surface area contributed by atoms with Gasteiger partial charge in [-0.3, -0.25) is 4.79 Å². The number of ether oxygens (including phenoxy) is 1. The van der Waals surface area contributed by atoms with E-state index in [1.165, 1.54) is 0 Å². The number of nitrogens with two attached hydrogens (primary N) is 2. The van der Waals surface area contributed by atoms with Crippen molar-refractivity contribution in [3.63, 3.8) is 0 Å². The summed E-state index contributed by atoms with van der Waals surface area (Å²) in [4.78, 5) is 18.4. The largest absolute Gasteiger partial charge is 0.450 e. The van der Waals surface area contributed by atoms with Crippen LogP contribution in [0.4, 0.5) is 0 Å². The number of hydrogen-bond donors (Lipinski definition) is 2. The molecule has 0 fully saturated rings. The molecule has 14 heavy (non-hydrogen) atoms. The Labute approximate surface area is 82.0 Å². The molecule has 0 aromatic rings. The monoisotopic (exact) mass is 198 g/mol. The van der Waals surface area contributed by atoms with Crippen LogP contribution in [-0.4, -0.2) is 24.0 Å². The van der Waals surface area contributed by atoms with Gasteiger partial charge in [-0.25, -0.2) is 0 Å². The summed E-state index contributed by atoms with van der Waals surface area (Å²) in [5, 5.41) is 0. The zero-order valence-electron chi connectivity index (χ0n) is 8.23. The molecule has 1 aliphatic rings. The summed E-state index contributed by atoms with van der Waals surface area (Å²) in [5.74, 6) is -0.127. The predicted molar refractivity (Wildman–Crippen MR) is 52.6 cm³/mol. The van der Waals surface area contributed by atoms with Crippen molar-refractivity contribution in [2.24, 2.45) is 27.4 Å². The van der Waals surface area contributed by atoms with E-state index in [9.17, 15) is 4.79 Å². The molecule has 0 aliphatic carbocycles. The molecule has 78 valence electrons. The smallest absolute Gasteiger partial charge is 0.323 e. The van der Waals surface area contributed by atoms with Crippen LogP contribution < -0.4 is 11.5 Å². The highest BCUT2D eigenvalue weighted by atomic mass is 16.5. The number of rotatable bonds is 2. The van der Waals surface area contributed by atoms with Crippen LogP contribution in [0, 0.1) is 5.92 Å². The number of carbonyl (C=O) groups excluding carboxylic acids is 1. The molecule has 4 N–H and O–H groups in total. The van der Waals surface area contributed by atoms with Crippen LogP contribution in [0.3, 0.4) is 0 Å². The van der Waals surface area contributed by atoms with Gasteiger partial charge in [0.25, 0.3) is 5.91 Å². The maximum atomic E-state index is 11.2. The number of guanidine groups is 1. The van der Waals surface area contributed by atoms with Crippen LogP contribution in [-0.2, 0) is 9.53 Å². The average Bonchev–Trinajstić information content (AvgIpc) is 2.28. The maximum absolute atomic E-state index is 11.2. The Morgan fingerprint density at radius 3 is 2.79 bits per heavy atom. The Bertz CT molecular complexity index is 292. The number of hydrogen-bond acceptors (Lipinski definition) is 3. The summed E-state index contributed by atoms with van der Waals surface area (Å²) < 4.78 is 5.15. The van der Waals surface area contributed by atoms with Gasteiger partial charge in [0.15, 0.2) is 12.1 Å². The number of amides is 1. The molecule has 1 atom stereocenters. The Hall–Kier alpha value is -1.59. The molecule has 1 heterocycles. The van der Waals surface area contributed by atoms with Gasteiger partial charge in [0.1, 0.15) is 0 Å². The lowest BCUT2D eigenvalue weighted by atomic mass is 10.1. The number of amidine groups is 1. The quantitative estimate of drug-likeness (QED) is 0.465. The first-order chi connectivity index (χ1) is 6.49. The fraction of sp³-hybridized carbons (Fsp3) is 0.625. The summed E-state index contributed by atoms with van der Waals surface area (Å²) in [6.07, 6.45) is 0.0827. The minimum Gasteiger partial charge on any atom is -0.450 e. The van der Waals surface area contributed by atoms with Crippen molar-refractivity contribution < 1.29 is 9.53 Å². The number of aliphatic imine (C=N–C) groups is 2. The summed E-state index contributed by atoms with van der Waals surface area (Å²) in [7, 11) is 0. The summed E-state index contributed by atoms with van der Waals surface area (Å²) in [6, 6.07) is -0.0411. The number of carbonyl (C=O) groups is 1. The third kappa shape index (κ3) is 2.72. The van der Waals surface area contributed by atoms with Gasteiger partial charge in [-0.2, -0.15) is 9.98 Å². The van der Waals surface area contributed by atoms with Crippen LogP contribution >= 0.6 is 0 Å². The summed E-state index contributed by atoms with van der Waals surface area (Å²) >= 11 is 0. The Kier molecular flexibility index (Phi) is 3.06. The molecule has 0 unspecified atom stereocenters. The van der Waals surface area contributed by atoms with E-state index in [0.717, 1.165) is 0 Å². The minimum absolute atomic E-state index is 0.0411. The van der Waals surface area contributed by atoms with Crippen molar-refractivity contribution >= 4 is 17.9 Å². The lowest BCUT2D eigenvalue weighted by Gasteiger charge is -2.09. The van der Waals surface area contributed by atoms with E-state index in [4.69, 9.17) is 16.2 Å². The van der Waals surface area contributed by atoms with Crippen molar-refractivity contribution in [3.05, 3.63) is 0 Å². The highest BCUT2D eigenvalue weighted by Crippen LogP contribution is 2.15. The fourth-order valence-electron chi connectivity index (χ4n) is 1.11. The zero-order valence-corrected chi connectivity index (χ0v) is 8.23. The first-order valence-corrected chi connectivity index (χ1v) is 4.38. The standard InChI is InChI=1S/C8H14N4O2/c1-4(2)3-5-6(13)11-8(14-5)12-7(9)10/h4-5H,3H2,1-2H3,(H4,9,10,11,12,13)/t5-/m1/s1. The molecular weight excluding hydrogens is 184 g/mol. The highest BCUT2D eigenvalue weighted by molar-refractivity contribution is 6.02.